The minimum absolute atomic E-state index is 0.0639. The van der Waals surface area contributed by atoms with Gasteiger partial charge in [0.2, 0.25) is 0 Å². The van der Waals surface area contributed by atoms with Crippen molar-refractivity contribution in [2.75, 3.05) is 46.2 Å². The Morgan fingerprint density at radius 1 is 0.812 bits per heavy atom. The average molecular weight is 457 g/mol. The van der Waals surface area contributed by atoms with Gasteiger partial charge in [-0.2, -0.15) is 0 Å². The minimum Gasteiger partial charge on any atom is -0.463 e. The second-order valence-corrected chi connectivity index (χ2v) is 10.1. The van der Waals surface area contributed by atoms with E-state index in [0.29, 0.717) is 58.6 Å². The Bertz CT molecular complexity index is 440. The quantitative estimate of drug-likeness (QED) is 0.156. The summed E-state index contributed by atoms with van der Waals surface area (Å²) in [6, 6.07) is 0. The molecule has 0 aliphatic heterocycles. The molecule has 32 heavy (non-hydrogen) atoms. The van der Waals surface area contributed by atoms with Crippen LogP contribution >= 0.6 is 0 Å². The largest absolute Gasteiger partial charge is 0.463 e. The molecule has 1 rings (SSSR count). The highest BCUT2D eigenvalue weighted by atomic mass is 16.6. The highest BCUT2D eigenvalue weighted by molar-refractivity contribution is 5.69. The third-order valence-corrected chi connectivity index (χ3v) is 6.57. The number of hydrogen-bond donors (Lipinski definition) is 0. The zero-order valence-corrected chi connectivity index (χ0v) is 21.6. The maximum Gasteiger partial charge on any atom is 0.306 e. The number of hydrogen-bond acceptors (Lipinski definition) is 5. The summed E-state index contributed by atoms with van der Waals surface area (Å²) < 4.78 is 21.4. The van der Waals surface area contributed by atoms with Gasteiger partial charge >= 0.3 is 5.97 Å². The van der Waals surface area contributed by atoms with Crippen molar-refractivity contribution in [3.8, 4) is 0 Å². The van der Waals surface area contributed by atoms with Crippen LogP contribution in [0.3, 0.4) is 0 Å². The lowest BCUT2D eigenvalue weighted by Crippen LogP contribution is -2.21. The fourth-order valence-electron chi connectivity index (χ4n) is 4.72. The molecule has 1 aliphatic rings. The van der Waals surface area contributed by atoms with Gasteiger partial charge in [-0.05, 0) is 43.4 Å². The molecule has 3 atom stereocenters. The summed E-state index contributed by atoms with van der Waals surface area (Å²) in [5, 5.41) is 0. The highest BCUT2D eigenvalue weighted by Crippen LogP contribution is 2.34. The zero-order valence-electron chi connectivity index (χ0n) is 21.6. The molecule has 0 aromatic heterocycles. The summed E-state index contributed by atoms with van der Waals surface area (Å²) in [5.41, 5.74) is 0. The first kappa shape index (κ1) is 29.4. The monoisotopic (exact) mass is 456 g/mol. The molecule has 0 spiro atoms. The van der Waals surface area contributed by atoms with Crippen molar-refractivity contribution >= 4 is 5.97 Å². The van der Waals surface area contributed by atoms with E-state index in [1.807, 2.05) is 6.92 Å². The molecule has 5 nitrogen and oxygen atoms in total. The van der Waals surface area contributed by atoms with E-state index in [2.05, 4.69) is 20.8 Å². The Hall–Kier alpha value is -0.650. The highest BCUT2D eigenvalue weighted by Gasteiger charge is 2.24. The summed E-state index contributed by atoms with van der Waals surface area (Å²) in [7, 11) is 0. The number of ether oxygens (including phenoxy) is 4. The molecule has 0 aromatic carbocycles. The first-order valence-electron chi connectivity index (χ1n) is 13.4. The van der Waals surface area contributed by atoms with Crippen molar-refractivity contribution in [3.63, 3.8) is 0 Å². The molecule has 0 radical (unpaired) electrons. The SMILES string of the molecule is CCOCCOCCOCCOC(=O)CC1CCCC(CCCC(C)CCCC(C)C)C1. The van der Waals surface area contributed by atoms with E-state index in [0.717, 1.165) is 17.8 Å². The van der Waals surface area contributed by atoms with Gasteiger partial charge < -0.3 is 18.9 Å². The standard InChI is InChI=1S/C27H52O5/c1-5-29-15-16-30-17-18-31-19-20-32-27(28)22-26-14-8-13-25(21-26)12-7-11-24(4)10-6-9-23(2)3/h23-26H,5-22H2,1-4H3. The van der Waals surface area contributed by atoms with Gasteiger partial charge in [0.05, 0.1) is 33.0 Å². The number of esters is 1. The lowest BCUT2D eigenvalue weighted by atomic mass is 9.77. The first-order valence-corrected chi connectivity index (χ1v) is 13.4. The van der Waals surface area contributed by atoms with Gasteiger partial charge in [0, 0.05) is 13.0 Å². The molecule has 5 heteroatoms. The van der Waals surface area contributed by atoms with Crippen LogP contribution in [-0.4, -0.2) is 52.2 Å². The molecule has 0 heterocycles. The van der Waals surface area contributed by atoms with E-state index in [1.54, 1.807) is 0 Å². The molecule has 0 N–H and O–H groups in total. The van der Waals surface area contributed by atoms with Crippen molar-refractivity contribution in [3.05, 3.63) is 0 Å². The van der Waals surface area contributed by atoms with Crippen molar-refractivity contribution in [2.45, 2.75) is 98.3 Å². The predicted molar refractivity (Wildman–Crippen MR) is 131 cm³/mol. The van der Waals surface area contributed by atoms with Gasteiger partial charge in [-0.3, -0.25) is 4.79 Å². The van der Waals surface area contributed by atoms with Crippen LogP contribution in [0.2, 0.25) is 0 Å². The molecule has 0 saturated heterocycles. The van der Waals surface area contributed by atoms with Gasteiger partial charge in [-0.1, -0.05) is 72.1 Å². The molecule has 0 aromatic rings. The van der Waals surface area contributed by atoms with Crippen LogP contribution in [0.1, 0.15) is 98.3 Å². The van der Waals surface area contributed by atoms with E-state index >= 15 is 0 Å². The molecule has 0 amide bonds. The number of rotatable bonds is 20. The van der Waals surface area contributed by atoms with Crippen molar-refractivity contribution < 1.29 is 23.7 Å². The Morgan fingerprint density at radius 2 is 1.44 bits per heavy atom. The summed E-state index contributed by atoms with van der Waals surface area (Å²) >= 11 is 0. The lowest BCUT2D eigenvalue weighted by Gasteiger charge is -2.29. The fourth-order valence-corrected chi connectivity index (χ4v) is 4.72. The molecule has 0 bridgehead atoms. The van der Waals surface area contributed by atoms with Crippen LogP contribution in [0, 0.1) is 23.7 Å². The molecule has 190 valence electrons. The van der Waals surface area contributed by atoms with E-state index in [9.17, 15) is 4.79 Å². The topological polar surface area (TPSA) is 54.0 Å². The maximum absolute atomic E-state index is 12.2. The van der Waals surface area contributed by atoms with Crippen molar-refractivity contribution in [1.82, 2.24) is 0 Å². The fraction of sp³-hybridized carbons (Fsp3) is 0.963. The molecule has 3 unspecified atom stereocenters. The summed E-state index contributed by atoms with van der Waals surface area (Å²) in [6.07, 6.45) is 13.7. The normalized spacial score (nSPS) is 19.9. The summed E-state index contributed by atoms with van der Waals surface area (Å²) in [6.45, 7) is 12.8. The Balaban J connectivity index is 2.01. The van der Waals surface area contributed by atoms with Crippen LogP contribution in [0.25, 0.3) is 0 Å². The van der Waals surface area contributed by atoms with E-state index in [1.165, 1.54) is 64.2 Å². The predicted octanol–water partition coefficient (Wildman–Crippen LogP) is 6.43. The average Bonchev–Trinajstić information content (AvgIpc) is 2.75. The zero-order chi connectivity index (χ0) is 23.4. The van der Waals surface area contributed by atoms with Crippen molar-refractivity contribution in [1.29, 1.82) is 0 Å². The Morgan fingerprint density at radius 3 is 2.12 bits per heavy atom. The molecular formula is C27H52O5. The van der Waals surface area contributed by atoms with Crippen LogP contribution < -0.4 is 0 Å². The molecule has 1 fully saturated rings. The van der Waals surface area contributed by atoms with Crippen LogP contribution in [-0.2, 0) is 23.7 Å². The number of carbonyl (C=O) groups is 1. The third-order valence-electron chi connectivity index (χ3n) is 6.57. The second-order valence-electron chi connectivity index (χ2n) is 10.1. The van der Waals surface area contributed by atoms with Crippen molar-refractivity contribution in [2.24, 2.45) is 23.7 Å². The summed E-state index contributed by atoms with van der Waals surface area (Å²) in [5.74, 6) is 2.93. The Labute approximate surface area is 198 Å². The smallest absolute Gasteiger partial charge is 0.306 e. The molecule has 1 saturated carbocycles. The van der Waals surface area contributed by atoms with Gasteiger partial charge in [0.25, 0.3) is 0 Å². The van der Waals surface area contributed by atoms with Gasteiger partial charge in [0.15, 0.2) is 0 Å². The second kappa shape index (κ2) is 19.8. The third kappa shape index (κ3) is 16.9. The van der Waals surface area contributed by atoms with Crippen LogP contribution in [0.15, 0.2) is 0 Å². The van der Waals surface area contributed by atoms with Gasteiger partial charge in [-0.15, -0.1) is 0 Å². The van der Waals surface area contributed by atoms with E-state index in [-0.39, 0.29) is 5.97 Å². The summed E-state index contributed by atoms with van der Waals surface area (Å²) in [4.78, 5) is 12.2. The van der Waals surface area contributed by atoms with E-state index < -0.39 is 0 Å². The maximum atomic E-state index is 12.2. The minimum atomic E-state index is -0.0639. The lowest BCUT2D eigenvalue weighted by molar-refractivity contribution is -0.146. The van der Waals surface area contributed by atoms with Crippen LogP contribution in [0.5, 0.6) is 0 Å². The van der Waals surface area contributed by atoms with E-state index in [4.69, 9.17) is 18.9 Å². The Kier molecular flexibility index (Phi) is 18.2. The van der Waals surface area contributed by atoms with Gasteiger partial charge in [-0.25, -0.2) is 0 Å². The first-order chi connectivity index (χ1) is 15.5. The van der Waals surface area contributed by atoms with Gasteiger partial charge in [0.1, 0.15) is 6.61 Å². The molecule has 1 aliphatic carbocycles. The molecular weight excluding hydrogens is 404 g/mol. The van der Waals surface area contributed by atoms with Crippen LogP contribution in [0.4, 0.5) is 0 Å². The number of carbonyl (C=O) groups excluding carboxylic acids is 1.